The minimum absolute atomic E-state index is 0.244. The molecule has 0 aromatic heterocycles. The van der Waals surface area contributed by atoms with Gasteiger partial charge in [-0.3, -0.25) is 0 Å². The highest BCUT2D eigenvalue weighted by Gasteiger charge is 1.99. The van der Waals surface area contributed by atoms with Gasteiger partial charge in [0, 0.05) is 6.54 Å². The SMILES string of the molecule is NCc1cc(F)ccc1N=C=S. The molecule has 0 aliphatic rings. The predicted molar refractivity (Wildman–Crippen MR) is 49.0 cm³/mol. The van der Waals surface area contributed by atoms with Crippen molar-refractivity contribution >= 4 is 23.1 Å². The number of nitrogens with two attached hydrogens (primary N) is 1. The Kier molecular flexibility index (Phi) is 3.05. The summed E-state index contributed by atoms with van der Waals surface area (Å²) in [5.74, 6) is -0.321. The van der Waals surface area contributed by atoms with Crippen LogP contribution >= 0.6 is 12.2 Å². The highest BCUT2D eigenvalue weighted by Crippen LogP contribution is 2.18. The van der Waals surface area contributed by atoms with Gasteiger partial charge in [-0.05, 0) is 36.0 Å². The molecule has 0 unspecified atom stereocenters. The van der Waals surface area contributed by atoms with Crippen molar-refractivity contribution in [2.45, 2.75) is 6.54 Å². The van der Waals surface area contributed by atoms with Gasteiger partial charge in [-0.1, -0.05) is 0 Å². The first-order valence-corrected chi connectivity index (χ1v) is 3.75. The van der Waals surface area contributed by atoms with Gasteiger partial charge >= 0.3 is 0 Å². The van der Waals surface area contributed by atoms with Gasteiger partial charge in [0.15, 0.2) is 0 Å². The van der Waals surface area contributed by atoms with Gasteiger partial charge in [0.1, 0.15) is 5.82 Å². The Morgan fingerprint density at radius 2 is 2.33 bits per heavy atom. The van der Waals surface area contributed by atoms with E-state index in [1.54, 1.807) is 0 Å². The molecule has 0 saturated heterocycles. The number of hydrogen-bond acceptors (Lipinski definition) is 3. The first-order chi connectivity index (χ1) is 5.77. The topological polar surface area (TPSA) is 38.4 Å². The molecule has 12 heavy (non-hydrogen) atoms. The molecule has 0 atom stereocenters. The zero-order valence-corrected chi connectivity index (χ0v) is 7.07. The molecule has 0 fully saturated rings. The van der Waals surface area contributed by atoms with Gasteiger partial charge in [0.25, 0.3) is 0 Å². The number of halogens is 1. The summed E-state index contributed by atoms with van der Waals surface area (Å²) in [7, 11) is 0. The molecule has 1 aromatic carbocycles. The first kappa shape index (κ1) is 9.00. The maximum absolute atomic E-state index is 12.6. The van der Waals surface area contributed by atoms with Crippen molar-refractivity contribution in [3.05, 3.63) is 29.6 Å². The van der Waals surface area contributed by atoms with Crippen LogP contribution in [-0.4, -0.2) is 5.16 Å². The summed E-state index contributed by atoms with van der Waals surface area (Å²) in [6, 6.07) is 4.17. The Labute approximate surface area is 74.9 Å². The van der Waals surface area contributed by atoms with Crippen LogP contribution in [0.3, 0.4) is 0 Å². The summed E-state index contributed by atoms with van der Waals surface area (Å²) in [4.78, 5) is 3.74. The Morgan fingerprint density at radius 3 is 2.92 bits per heavy atom. The summed E-state index contributed by atoms with van der Waals surface area (Å²) in [5, 5.41) is 2.21. The molecule has 4 heteroatoms. The van der Waals surface area contributed by atoms with Gasteiger partial charge in [-0.25, -0.2) is 4.39 Å². The molecule has 0 saturated carbocycles. The van der Waals surface area contributed by atoms with E-state index in [1.807, 2.05) is 0 Å². The quantitative estimate of drug-likeness (QED) is 0.561. The average molecular weight is 182 g/mol. The van der Waals surface area contributed by atoms with E-state index < -0.39 is 0 Å². The standard InChI is InChI=1S/C8H7FN2S/c9-7-1-2-8(11-5-12)6(3-7)4-10/h1-3H,4,10H2. The fourth-order valence-corrected chi connectivity index (χ4v) is 0.974. The van der Waals surface area contributed by atoms with Crippen LogP contribution in [0.15, 0.2) is 23.2 Å². The Balaban J connectivity index is 3.19. The molecule has 0 aliphatic heterocycles. The van der Waals surface area contributed by atoms with E-state index in [1.165, 1.54) is 18.2 Å². The molecule has 0 spiro atoms. The summed E-state index contributed by atoms with van der Waals surface area (Å²) in [6.07, 6.45) is 0. The third kappa shape index (κ3) is 1.95. The maximum atomic E-state index is 12.6. The van der Waals surface area contributed by atoms with E-state index in [4.69, 9.17) is 5.73 Å². The van der Waals surface area contributed by atoms with Crippen LogP contribution in [0.4, 0.5) is 10.1 Å². The number of isothiocyanates is 1. The summed E-state index contributed by atoms with van der Waals surface area (Å²) >= 11 is 4.42. The smallest absolute Gasteiger partial charge is 0.123 e. The largest absolute Gasteiger partial charge is 0.326 e. The zero-order valence-electron chi connectivity index (χ0n) is 6.25. The van der Waals surface area contributed by atoms with Gasteiger partial charge < -0.3 is 5.73 Å². The van der Waals surface area contributed by atoms with Crippen LogP contribution in [0.2, 0.25) is 0 Å². The van der Waals surface area contributed by atoms with Crippen LogP contribution in [0.1, 0.15) is 5.56 Å². The van der Waals surface area contributed by atoms with Crippen LogP contribution in [0.25, 0.3) is 0 Å². The van der Waals surface area contributed by atoms with E-state index in [0.29, 0.717) is 11.3 Å². The molecule has 2 nitrogen and oxygen atoms in total. The third-order valence-corrected chi connectivity index (χ3v) is 1.52. The second-order valence-corrected chi connectivity index (χ2v) is 2.36. The monoisotopic (exact) mass is 182 g/mol. The molecular weight excluding hydrogens is 175 g/mol. The molecule has 0 heterocycles. The van der Waals surface area contributed by atoms with Crippen LogP contribution in [-0.2, 0) is 6.54 Å². The van der Waals surface area contributed by atoms with Crippen molar-refractivity contribution in [1.82, 2.24) is 0 Å². The second-order valence-electron chi connectivity index (χ2n) is 2.18. The fraction of sp³-hybridized carbons (Fsp3) is 0.125. The van der Waals surface area contributed by atoms with Crippen molar-refractivity contribution in [1.29, 1.82) is 0 Å². The molecule has 0 amide bonds. The van der Waals surface area contributed by atoms with E-state index in [-0.39, 0.29) is 12.4 Å². The lowest BCUT2D eigenvalue weighted by Gasteiger charge is -1.99. The van der Waals surface area contributed by atoms with E-state index in [2.05, 4.69) is 22.4 Å². The molecule has 0 aliphatic carbocycles. The highest BCUT2D eigenvalue weighted by atomic mass is 32.1. The number of benzene rings is 1. The van der Waals surface area contributed by atoms with Crippen LogP contribution < -0.4 is 5.73 Å². The number of thiocarbonyl (C=S) groups is 1. The lowest BCUT2D eigenvalue weighted by Crippen LogP contribution is -1.96. The number of nitrogens with zero attached hydrogens (tertiary/aromatic N) is 1. The zero-order chi connectivity index (χ0) is 8.97. The molecule has 1 aromatic rings. The minimum Gasteiger partial charge on any atom is -0.326 e. The summed E-state index contributed by atoms with van der Waals surface area (Å²) in [6.45, 7) is 0.244. The van der Waals surface area contributed by atoms with Crippen LogP contribution in [0.5, 0.6) is 0 Å². The van der Waals surface area contributed by atoms with E-state index in [9.17, 15) is 4.39 Å². The van der Waals surface area contributed by atoms with Crippen molar-refractivity contribution in [3.8, 4) is 0 Å². The lowest BCUT2D eigenvalue weighted by atomic mass is 10.2. The molecule has 0 radical (unpaired) electrons. The Morgan fingerprint density at radius 1 is 1.58 bits per heavy atom. The molecule has 2 N–H and O–H groups in total. The van der Waals surface area contributed by atoms with Gasteiger partial charge in [-0.2, -0.15) is 4.99 Å². The number of aliphatic imine (C=N–C) groups is 1. The molecule has 62 valence electrons. The normalized spacial score (nSPS) is 9.17. The maximum Gasteiger partial charge on any atom is 0.123 e. The van der Waals surface area contributed by atoms with Crippen molar-refractivity contribution in [2.75, 3.05) is 0 Å². The second kappa shape index (κ2) is 4.07. The summed E-state index contributed by atoms with van der Waals surface area (Å²) < 4.78 is 12.6. The van der Waals surface area contributed by atoms with Crippen LogP contribution in [0, 0.1) is 5.82 Å². The fourth-order valence-electron chi connectivity index (χ4n) is 0.876. The Bertz CT molecular complexity index is 332. The van der Waals surface area contributed by atoms with Gasteiger partial charge in [-0.15, -0.1) is 0 Å². The lowest BCUT2D eigenvalue weighted by molar-refractivity contribution is 0.625. The van der Waals surface area contributed by atoms with Crippen molar-refractivity contribution in [2.24, 2.45) is 10.7 Å². The van der Waals surface area contributed by atoms with E-state index in [0.717, 1.165) is 0 Å². The summed E-state index contributed by atoms with van der Waals surface area (Å²) in [5.41, 5.74) is 6.57. The first-order valence-electron chi connectivity index (χ1n) is 3.34. The molecule has 0 bridgehead atoms. The highest BCUT2D eigenvalue weighted by molar-refractivity contribution is 7.78. The number of rotatable bonds is 2. The molecule has 1 rings (SSSR count). The Hall–Kier alpha value is -1.09. The van der Waals surface area contributed by atoms with E-state index >= 15 is 0 Å². The van der Waals surface area contributed by atoms with Crippen molar-refractivity contribution < 1.29 is 4.39 Å². The molecular formula is C8H7FN2S. The minimum atomic E-state index is -0.321. The predicted octanol–water partition coefficient (Wildman–Crippen LogP) is 2.02. The third-order valence-electron chi connectivity index (χ3n) is 1.43. The number of hydrogen-bond donors (Lipinski definition) is 1. The van der Waals surface area contributed by atoms with Gasteiger partial charge in [0.05, 0.1) is 10.8 Å². The van der Waals surface area contributed by atoms with Gasteiger partial charge in [0.2, 0.25) is 0 Å². The average Bonchev–Trinajstić information content (AvgIpc) is 2.08. The van der Waals surface area contributed by atoms with Crippen molar-refractivity contribution in [3.63, 3.8) is 0 Å².